The van der Waals surface area contributed by atoms with Gasteiger partial charge in [-0.15, -0.1) is 0 Å². The molecule has 0 N–H and O–H groups in total. The van der Waals surface area contributed by atoms with E-state index in [9.17, 15) is 4.79 Å². The van der Waals surface area contributed by atoms with Crippen LogP contribution in [0.4, 0.5) is 0 Å². The molecular weight excluding hydrogens is 290 g/mol. The predicted octanol–water partition coefficient (Wildman–Crippen LogP) is 3.59. The van der Waals surface area contributed by atoms with E-state index >= 15 is 0 Å². The van der Waals surface area contributed by atoms with E-state index in [-0.39, 0.29) is 18.0 Å². The molecule has 1 saturated heterocycles. The molecule has 2 rings (SSSR count). The maximum absolute atomic E-state index is 12.0. The molecule has 0 spiro atoms. The summed E-state index contributed by atoms with van der Waals surface area (Å²) < 4.78 is 10.9. The average Bonchev–Trinajstić information content (AvgIpc) is 2.95. The minimum Gasteiger partial charge on any atom is -0.496 e. The van der Waals surface area contributed by atoms with Crippen molar-refractivity contribution in [2.45, 2.75) is 52.7 Å². The molecule has 0 aromatic heterocycles. The number of ether oxygens (including phenoxy) is 2. The predicted molar refractivity (Wildman–Crippen MR) is 91.7 cm³/mol. The van der Waals surface area contributed by atoms with Crippen molar-refractivity contribution in [3.8, 4) is 5.75 Å². The van der Waals surface area contributed by atoms with E-state index in [1.54, 1.807) is 7.11 Å². The standard InChI is InChI=1S/C19H29NO3/c1-13(2)15-6-7-16(18(10-15)22-5)11-20-9-8-17(12-20)19(21)23-14(3)4/h6-7,10,13-14,17H,8-9,11-12H2,1-5H3/t17-/m0/s1. The van der Waals surface area contributed by atoms with Gasteiger partial charge in [0.25, 0.3) is 0 Å². The van der Waals surface area contributed by atoms with Crippen molar-refractivity contribution >= 4 is 5.97 Å². The fourth-order valence-electron chi connectivity index (χ4n) is 2.99. The number of carbonyl (C=O) groups excluding carboxylic acids is 1. The Labute approximate surface area is 139 Å². The maximum atomic E-state index is 12.0. The van der Waals surface area contributed by atoms with E-state index in [1.807, 2.05) is 13.8 Å². The number of rotatable bonds is 6. The normalized spacial score (nSPS) is 18.7. The molecule has 0 aliphatic carbocycles. The Morgan fingerprint density at radius 1 is 1.30 bits per heavy atom. The summed E-state index contributed by atoms with van der Waals surface area (Å²) in [6.45, 7) is 10.7. The molecule has 0 unspecified atom stereocenters. The van der Waals surface area contributed by atoms with Crippen LogP contribution in [0.2, 0.25) is 0 Å². The zero-order valence-corrected chi connectivity index (χ0v) is 15.0. The second-order valence-electron chi connectivity index (χ2n) is 6.93. The van der Waals surface area contributed by atoms with E-state index < -0.39 is 0 Å². The Morgan fingerprint density at radius 2 is 2.04 bits per heavy atom. The third-order valence-electron chi connectivity index (χ3n) is 4.33. The van der Waals surface area contributed by atoms with Gasteiger partial charge in [-0.05, 0) is 44.4 Å². The number of benzene rings is 1. The Hall–Kier alpha value is -1.55. The molecule has 1 aliphatic heterocycles. The zero-order chi connectivity index (χ0) is 17.0. The molecule has 4 nitrogen and oxygen atoms in total. The summed E-state index contributed by atoms with van der Waals surface area (Å²) >= 11 is 0. The smallest absolute Gasteiger partial charge is 0.310 e. The first-order valence-electron chi connectivity index (χ1n) is 8.50. The highest BCUT2D eigenvalue weighted by atomic mass is 16.5. The van der Waals surface area contributed by atoms with E-state index in [4.69, 9.17) is 9.47 Å². The molecule has 23 heavy (non-hydrogen) atoms. The van der Waals surface area contributed by atoms with Crippen LogP contribution in [0.5, 0.6) is 5.75 Å². The molecule has 0 amide bonds. The summed E-state index contributed by atoms with van der Waals surface area (Å²) in [5.41, 5.74) is 2.46. The van der Waals surface area contributed by atoms with Crippen molar-refractivity contribution in [2.24, 2.45) is 5.92 Å². The fraction of sp³-hybridized carbons (Fsp3) is 0.632. The summed E-state index contributed by atoms with van der Waals surface area (Å²) in [4.78, 5) is 14.3. The number of likely N-dealkylation sites (tertiary alicyclic amines) is 1. The molecule has 4 heteroatoms. The molecule has 0 radical (unpaired) electrons. The third-order valence-corrected chi connectivity index (χ3v) is 4.33. The van der Waals surface area contributed by atoms with Gasteiger partial charge in [0.2, 0.25) is 0 Å². The molecule has 1 aromatic rings. The Morgan fingerprint density at radius 3 is 2.65 bits per heavy atom. The number of hydrogen-bond acceptors (Lipinski definition) is 4. The van der Waals surface area contributed by atoms with E-state index in [0.29, 0.717) is 5.92 Å². The van der Waals surface area contributed by atoms with Crippen LogP contribution in [0.3, 0.4) is 0 Å². The van der Waals surface area contributed by atoms with Crippen molar-refractivity contribution in [3.63, 3.8) is 0 Å². The Balaban J connectivity index is 1.99. The highest BCUT2D eigenvalue weighted by molar-refractivity contribution is 5.73. The number of methoxy groups -OCH3 is 1. The lowest BCUT2D eigenvalue weighted by Crippen LogP contribution is -2.25. The summed E-state index contributed by atoms with van der Waals surface area (Å²) in [6, 6.07) is 6.44. The fourth-order valence-corrected chi connectivity index (χ4v) is 2.99. The molecule has 1 aromatic carbocycles. The quantitative estimate of drug-likeness (QED) is 0.751. The minimum absolute atomic E-state index is 0.00154. The number of esters is 1. The third kappa shape index (κ3) is 4.71. The summed E-state index contributed by atoms with van der Waals surface area (Å²) in [5.74, 6) is 1.35. The van der Waals surface area contributed by atoms with Crippen LogP contribution in [0, 0.1) is 5.92 Å². The van der Waals surface area contributed by atoms with Crippen molar-refractivity contribution in [1.82, 2.24) is 4.90 Å². The lowest BCUT2D eigenvalue weighted by Gasteiger charge is -2.19. The molecule has 1 aliphatic rings. The van der Waals surface area contributed by atoms with Crippen molar-refractivity contribution in [2.75, 3.05) is 20.2 Å². The van der Waals surface area contributed by atoms with Gasteiger partial charge in [-0.25, -0.2) is 0 Å². The maximum Gasteiger partial charge on any atom is 0.310 e. The first-order valence-corrected chi connectivity index (χ1v) is 8.50. The highest BCUT2D eigenvalue weighted by Gasteiger charge is 2.30. The molecule has 1 fully saturated rings. The second kappa shape index (κ2) is 7.82. The van der Waals surface area contributed by atoms with Crippen LogP contribution in [0.25, 0.3) is 0 Å². The van der Waals surface area contributed by atoms with Gasteiger partial charge in [-0.2, -0.15) is 0 Å². The van der Waals surface area contributed by atoms with Crippen LogP contribution in [0.15, 0.2) is 18.2 Å². The number of hydrogen-bond donors (Lipinski definition) is 0. The number of carbonyl (C=O) groups is 1. The largest absolute Gasteiger partial charge is 0.496 e. The van der Waals surface area contributed by atoms with Gasteiger partial charge in [0, 0.05) is 18.7 Å². The summed E-state index contributed by atoms with van der Waals surface area (Å²) in [6.07, 6.45) is 0.832. The van der Waals surface area contributed by atoms with Crippen molar-refractivity contribution in [3.05, 3.63) is 29.3 Å². The van der Waals surface area contributed by atoms with Crippen LogP contribution >= 0.6 is 0 Å². The van der Waals surface area contributed by atoms with E-state index in [2.05, 4.69) is 36.9 Å². The minimum atomic E-state index is -0.0652. The van der Waals surface area contributed by atoms with E-state index in [0.717, 1.165) is 31.8 Å². The van der Waals surface area contributed by atoms with Crippen LogP contribution in [0.1, 0.15) is 51.2 Å². The summed E-state index contributed by atoms with van der Waals surface area (Å²) in [7, 11) is 1.72. The van der Waals surface area contributed by atoms with Gasteiger partial charge in [0.1, 0.15) is 5.75 Å². The molecule has 128 valence electrons. The zero-order valence-electron chi connectivity index (χ0n) is 15.0. The lowest BCUT2D eigenvalue weighted by molar-refractivity contribution is -0.151. The van der Waals surface area contributed by atoms with Crippen molar-refractivity contribution in [1.29, 1.82) is 0 Å². The first kappa shape index (κ1) is 17.8. The average molecular weight is 319 g/mol. The Bertz CT molecular complexity index is 539. The lowest BCUT2D eigenvalue weighted by atomic mass is 10.0. The van der Waals surface area contributed by atoms with Crippen LogP contribution < -0.4 is 4.74 Å². The van der Waals surface area contributed by atoms with Crippen molar-refractivity contribution < 1.29 is 14.3 Å². The highest BCUT2D eigenvalue weighted by Crippen LogP contribution is 2.28. The van der Waals surface area contributed by atoms with Gasteiger partial charge >= 0.3 is 5.97 Å². The molecular formula is C19H29NO3. The molecule has 0 bridgehead atoms. The Kier molecular flexibility index (Phi) is 6.05. The SMILES string of the molecule is COc1cc(C(C)C)ccc1CN1CC[C@H](C(=O)OC(C)C)C1. The monoisotopic (exact) mass is 319 g/mol. The van der Waals surface area contributed by atoms with Gasteiger partial charge in [0.15, 0.2) is 0 Å². The molecule has 1 heterocycles. The van der Waals surface area contributed by atoms with Crippen LogP contribution in [-0.4, -0.2) is 37.2 Å². The second-order valence-corrected chi connectivity index (χ2v) is 6.93. The van der Waals surface area contributed by atoms with Gasteiger partial charge < -0.3 is 9.47 Å². The van der Waals surface area contributed by atoms with Gasteiger partial charge in [-0.3, -0.25) is 9.69 Å². The van der Waals surface area contributed by atoms with Gasteiger partial charge in [-0.1, -0.05) is 26.0 Å². The van der Waals surface area contributed by atoms with Gasteiger partial charge in [0.05, 0.1) is 19.1 Å². The molecule has 0 saturated carbocycles. The number of nitrogens with zero attached hydrogens (tertiary/aromatic N) is 1. The first-order chi connectivity index (χ1) is 10.9. The summed E-state index contributed by atoms with van der Waals surface area (Å²) in [5, 5.41) is 0. The van der Waals surface area contributed by atoms with Crippen LogP contribution in [-0.2, 0) is 16.1 Å². The topological polar surface area (TPSA) is 38.8 Å². The molecule has 1 atom stereocenters. The van der Waals surface area contributed by atoms with E-state index in [1.165, 1.54) is 11.1 Å².